The Bertz CT molecular complexity index is 1040. The molecule has 1 aliphatic rings. The molecule has 144 valence electrons. The molecule has 0 unspecified atom stereocenters. The van der Waals surface area contributed by atoms with E-state index in [1.807, 2.05) is 0 Å². The molecule has 1 saturated carbocycles. The normalized spacial score (nSPS) is 13.4. The summed E-state index contributed by atoms with van der Waals surface area (Å²) in [5.41, 5.74) is 1.39. The van der Waals surface area contributed by atoms with Gasteiger partial charge in [0.15, 0.2) is 0 Å². The van der Waals surface area contributed by atoms with Gasteiger partial charge in [-0.15, -0.1) is 11.3 Å². The van der Waals surface area contributed by atoms with Gasteiger partial charge in [0, 0.05) is 38.7 Å². The van der Waals surface area contributed by atoms with Crippen molar-refractivity contribution in [2.75, 3.05) is 0 Å². The summed E-state index contributed by atoms with van der Waals surface area (Å²) >= 11 is 13.2. The molecule has 28 heavy (non-hydrogen) atoms. The first-order chi connectivity index (χ1) is 13.5. The monoisotopic (exact) mass is 436 g/mol. The van der Waals surface area contributed by atoms with E-state index in [-0.39, 0.29) is 18.6 Å². The van der Waals surface area contributed by atoms with Crippen LogP contribution in [0.5, 0.6) is 5.75 Å². The second-order valence-electron chi connectivity index (χ2n) is 6.45. The van der Waals surface area contributed by atoms with Crippen LogP contribution in [0.1, 0.15) is 28.9 Å². The highest BCUT2D eigenvalue weighted by Crippen LogP contribution is 2.30. The van der Waals surface area contributed by atoms with Crippen LogP contribution in [0, 0.1) is 5.82 Å². The van der Waals surface area contributed by atoms with Gasteiger partial charge in [-0.05, 0) is 37.1 Å². The maximum atomic E-state index is 14.6. The number of aromatic nitrogens is 1. The van der Waals surface area contributed by atoms with E-state index in [0.717, 1.165) is 18.4 Å². The van der Waals surface area contributed by atoms with E-state index < -0.39 is 5.82 Å². The van der Waals surface area contributed by atoms with E-state index in [9.17, 15) is 9.18 Å². The average molecular weight is 437 g/mol. The van der Waals surface area contributed by atoms with E-state index in [2.05, 4.69) is 10.3 Å². The van der Waals surface area contributed by atoms with Crippen molar-refractivity contribution in [3.8, 4) is 16.3 Å². The van der Waals surface area contributed by atoms with Crippen molar-refractivity contribution in [1.82, 2.24) is 10.3 Å². The lowest BCUT2D eigenvalue weighted by atomic mass is 10.2. The molecule has 4 rings (SSSR count). The highest BCUT2D eigenvalue weighted by Gasteiger charge is 2.25. The third-order valence-corrected chi connectivity index (χ3v) is 5.69. The molecule has 1 N–H and O–H groups in total. The predicted molar refractivity (Wildman–Crippen MR) is 109 cm³/mol. The minimum absolute atomic E-state index is 0.192. The van der Waals surface area contributed by atoms with Gasteiger partial charge in [-0.1, -0.05) is 29.3 Å². The summed E-state index contributed by atoms with van der Waals surface area (Å²) in [7, 11) is 0. The summed E-state index contributed by atoms with van der Waals surface area (Å²) in [4.78, 5) is 16.3. The summed E-state index contributed by atoms with van der Waals surface area (Å²) in [5.74, 6) is -0.316. The SMILES string of the molecule is O=C(NC1CC1)c1csc(-c2ccc(OCc3ccc(Cl)cc3Cl)cc2F)n1. The smallest absolute Gasteiger partial charge is 0.270 e. The number of hydrogen-bond donors (Lipinski definition) is 1. The van der Waals surface area contributed by atoms with Crippen LogP contribution in [0.25, 0.3) is 10.6 Å². The van der Waals surface area contributed by atoms with E-state index in [0.29, 0.717) is 32.1 Å². The van der Waals surface area contributed by atoms with Gasteiger partial charge in [-0.2, -0.15) is 0 Å². The first-order valence-electron chi connectivity index (χ1n) is 8.62. The molecule has 8 heteroatoms. The molecule has 1 amide bonds. The Hall–Kier alpha value is -2.15. The van der Waals surface area contributed by atoms with Gasteiger partial charge in [0.2, 0.25) is 0 Å². The van der Waals surface area contributed by atoms with Gasteiger partial charge in [0.05, 0.1) is 0 Å². The number of nitrogens with one attached hydrogen (secondary N) is 1. The molecule has 0 spiro atoms. The van der Waals surface area contributed by atoms with Crippen molar-refractivity contribution >= 4 is 40.4 Å². The maximum Gasteiger partial charge on any atom is 0.270 e. The first-order valence-corrected chi connectivity index (χ1v) is 10.3. The van der Waals surface area contributed by atoms with Crippen LogP contribution in [-0.2, 0) is 6.61 Å². The molecule has 0 saturated heterocycles. The lowest BCUT2D eigenvalue weighted by molar-refractivity contribution is 0.0947. The summed E-state index contributed by atoms with van der Waals surface area (Å²) < 4.78 is 20.2. The van der Waals surface area contributed by atoms with Gasteiger partial charge in [0.1, 0.15) is 28.9 Å². The molecule has 3 aromatic rings. The van der Waals surface area contributed by atoms with Gasteiger partial charge < -0.3 is 10.1 Å². The lowest BCUT2D eigenvalue weighted by Crippen LogP contribution is -2.25. The minimum atomic E-state index is -0.469. The maximum absolute atomic E-state index is 14.6. The molecule has 0 radical (unpaired) electrons. The molecule has 2 aromatic carbocycles. The second kappa shape index (κ2) is 8.07. The Morgan fingerprint density at radius 1 is 1.25 bits per heavy atom. The highest BCUT2D eigenvalue weighted by molar-refractivity contribution is 7.13. The number of carbonyl (C=O) groups is 1. The molecule has 4 nitrogen and oxygen atoms in total. The Kier molecular flexibility index (Phi) is 5.53. The summed E-state index contributed by atoms with van der Waals surface area (Å²) in [6, 6.07) is 9.91. The number of rotatable bonds is 6. The quantitative estimate of drug-likeness (QED) is 0.536. The molecular weight excluding hydrogens is 422 g/mol. The van der Waals surface area contributed by atoms with Crippen LogP contribution in [0.3, 0.4) is 0 Å². The van der Waals surface area contributed by atoms with Crippen LogP contribution in [0.4, 0.5) is 4.39 Å². The van der Waals surface area contributed by atoms with E-state index in [4.69, 9.17) is 27.9 Å². The lowest BCUT2D eigenvalue weighted by Gasteiger charge is -2.09. The summed E-state index contributed by atoms with van der Waals surface area (Å²) in [6.45, 7) is 0.192. The van der Waals surface area contributed by atoms with Crippen molar-refractivity contribution in [3.63, 3.8) is 0 Å². The number of carbonyl (C=O) groups excluding carboxylic acids is 1. The molecule has 1 fully saturated rings. The van der Waals surface area contributed by atoms with E-state index >= 15 is 0 Å². The third kappa shape index (κ3) is 4.46. The standard InChI is InChI=1S/C20H15Cl2FN2O2S/c21-12-2-1-11(16(22)7-12)9-27-14-5-6-15(17(23)8-14)20-25-18(10-28-20)19(26)24-13-3-4-13/h1-2,5-8,10,13H,3-4,9H2,(H,24,26). The number of benzene rings is 2. The van der Waals surface area contributed by atoms with Crippen molar-refractivity contribution in [2.45, 2.75) is 25.5 Å². The van der Waals surface area contributed by atoms with E-state index in [1.54, 1.807) is 35.7 Å². The van der Waals surface area contributed by atoms with Gasteiger partial charge in [-0.3, -0.25) is 4.79 Å². The van der Waals surface area contributed by atoms with Crippen LogP contribution in [-0.4, -0.2) is 16.9 Å². The summed E-state index contributed by atoms with van der Waals surface area (Å²) in [6.07, 6.45) is 2.00. The Morgan fingerprint density at radius 2 is 2.07 bits per heavy atom. The highest BCUT2D eigenvalue weighted by atomic mass is 35.5. The zero-order valence-corrected chi connectivity index (χ0v) is 16.9. The molecule has 0 aliphatic heterocycles. The number of hydrogen-bond acceptors (Lipinski definition) is 4. The minimum Gasteiger partial charge on any atom is -0.489 e. The molecule has 1 aliphatic carbocycles. The molecule has 1 heterocycles. The molecule has 0 atom stereocenters. The summed E-state index contributed by atoms with van der Waals surface area (Å²) in [5, 5.41) is 5.99. The first kappa shape index (κ1) is 19.2. The molecular formula is C20H15Cl2FN2O2S. The predicted octanol–water partition coefficient (Wildman–Crippen LogP) is 5.73. The van der Waals surface area contributed by atoms with Crippen LogP contribution >= 0.6 is 34.5 Å². The van der Waals surface area contributed by atoms with Crippen molar-refractivity contribution in [1.29, 1.82) is 0 Å². The average Bonchev–Trinajstić information content (AvgIpc) is 3.33. The number of thiazole rings is 1. The number of halogens is 3. The second-order valence-corrected chi connectivity index (χ2v) is 8.15. The van der Waals surface area contributed by atoms with Crippen LogP contribution in [0.2, 0.25) is 10.0 Å². The topological polar surface area (TPSA) is 51.2 Å². The number of ether oxygens (including phenoxy) is 1. The Morgan fingerprint density at radius 3 is 2.79 bits per heavy atom. The number of amides is 1. The van der Waals surface area contributed by atoms with Crippen molar-refractivity contribution in [2.24, 2.45) is 0 Å². The Labute approximate surface area is 175 Å². The van der Waals surface area contributed by atoms with Crippen LogP contribution in [0.15, 0.2) is 41.8 Å². The van der Waals surface area contributed by atoms with Gasteiger partial charge in [0.25, 0.3) is 5.91 Å². The zero-order valence-electron chi connectivity index (χ0n) is 14.5. The fourth-order valence-electron chi connectivity index (χ4n) is 2.55. The largest absolute Gasteiger partial charge is 0.489 e. The van der Waals surface area contributed by atoms with Gasteiger partial charge >= 0.3 is 0 Å². The molecule has 0 bridgehead atoms. The number of nitrogens with zero attached hydrogens (tertiary/aromatic N) is 1. The van der Waals surface area contributed by atoms with Crippen LogP contribution < -0.4 is 10.1 Å². The molecule has 1 aromatic heterocycles. The zero-order chi connectivity index (χ0) is 19.7. The fraction of sp³-hybridized carbons (Fsp3) is 0.200. The van der Waals surface area contributed by atoms with Crippen molar-refractivity contribution < 1.29 is 13.9 Å². The Balaban J connectivity index is 1.45. The fourth-order valence-corrected chi connectivity index (χ4v) is 3.84. The van der Waals surface area contributed by atoms with E-state index in [1.165, 1.54) is 17.4 Å². The third-order valence-electron chi connectivity index (χ3n) is 4.23. The van der Waals surface area contributed by atoms with Crippen molar-refractivity contribution in [3.05, 3.63) is 68.9 Å². The van der Waals surface area contributed by atoms with Gasteiger partial charge in [-0.25, -0.2) is 9.37 Å².